The highest BCUT2D eigenvalue weighted by Gasteiger charge is 2.48. The minimum absolute atomic E-state index is 0.00543. The molecular formula is C18H24O3. The highest BCUT2D eigenvalue weighted by molar-refractivity contribution is 5.81. The molecule has 0 heterocycles. The van der Waals surface area contributed by atoms with E-state index in [1.54, 1.807) is 0 Å². The summed E-state index contributed by atoms with van der Waals surface area (Å²) in [6, 6.07) is 9.33. The Hall–Kier alpha value is -1.35. The van der Waals surface area contributed by atoms with Gasteiger partial charge in [-0.2, -0.15) is 0 Å². The van der Waals surface area contributed by atoms with E-state index in [4.69, 9.17) is 4.74 Å². The van der Waals surface area contributed by atoms with Gasteiger partial charge in [0.2, 0.25) is 0 Å². The van der Waals surface area contributed by atoms with Gasteiger partial charge >= 0.3 is 5.97 Å². The molecule has 2 aliphatic carbocycles. The number of rotatable bonds is 4. The third kappa shape index (κ3) is 2.84. The number of benzene rings is 1. The van der Waals surface area contributed by atoms with E-state index in [-0.39, 0.29) is 12.0 Å². The van der Waals surface area contributed by atoms with E-state index < -0.39 is 11.6 Å². The van der Waals surface area contributed by atoms with Crippen LogP contribution in [0.2, 0.25) is 0 Å². The molecule has 21 heavy (non-hydrogen) atoms. The highest BCUT2D eigenvalue weighted by Crippen LogP contribution is 2.42. The van der Waals surface area contributed by atoms with Crippen molar-refractivity contribution >= 4 is 5.97 Å². The van der Waals surface area contributed by atoms with Crippen molar-refractivity contribution in [2.45, 2.75) is 63.1 Å². The summed E-state index contributed by atoms with van der Waals surface area (Å²) in [5.41, 5.74) is -0.791. The first-order chi connectivity index (χ1) is 10.2. The molecule has 0 amide bonds. The normalized spacial score (nSPS) is 23.1. The Morgan fingerprint density at radius 3 is 2.19 bits per heavy atom. The maximum Gasteiger partial charge on any atom is 0.343 e. The maximum absolute atomic E-state index is 12.7. The Bertz CT molecular complexity index is 472. The second-order valence-corrected chi connectivity index (χ2v) is 6.43. The standard InChI is InChI=1S/C18H24O3/c19-17(21-16-12-6-7-13-16)18(20,15-10-4-5-11-15)14-8-2-1-3-9-14/h1-3,8-9,15-16,20H,4-7,10-13H2. The zero-order valence-corrected chi connectivity index (χ0v) is 12.5. The highest BCUT2D eigenvalue weighted by atomic mass is 16.6. The van der Waals surface area contributed by atoms with Crippen LogP contribution in [0.25, 0.3) is 0 Å². The molecule has 2 fully saturated rings. The summed E-state index contributed by atoms with van der Waals surface area (Å²) in [4.78, 5) is 12.7. The topological polar surface area (TPSA) is 46.5 Å². The van der Waals surface area contributed by atoms with Gasteiger partial charge < -0.3 is 9.84 Å². The monoisotopic (exact) mass is 288 g/mol. The fourth-order valence-corrected chi connectivity index (χ4v) is 3.80. The lowest BCUT2D eigenvalue weighted by atomic mass is 9.80. The van der Waals surface area contributed by atoms with Gasteiger partial charge in [-0.3, -0.25) is 0 Å². The third-order valence-corrected chi connectivity index (χ3v) is 5.05. The second kappa shape index (κ2) is 6.18. The van der Waals surface area contributed by atoms with Gasteiger partial charge in [0.25, 0.3) is 0 Å². The summed E-state index contributed by atoms with van der Waals surface area (Å²) in [7, 11) is 0. The lowest BCUT2D eigenvalue weighted by Crippen LogP contribution is -2.44. The van der Waals surface area contributed by atoms with Gasteiger partial charge in [-0.05, 0) is 44.1 Å². The predicted molar refractivity (Wildman–Crippen MR) is 80.6 cm³/mol. The average Bonchev–Trinajstić information content (AvgIpc) is 3.20. The van der Waals surface area contributed by atoms with Crippen molar-refractivity contribution in [3.8, 4) is 0 Å². The van der Waals surface area contributed by atoms with Crippen LogP contribution in [0.1, 0.15) is 56.9 Å². The van der Waals surface area contributed by atoms with Crippen molar-refractivity contribution in [3.63, 3.8) is 0 Å². The molecule has 1 N–H and O–H groups in total. The van der Waals surface area contributed by atoms with Gasteiger partial charge in [0.05, 0.1) is 0 Å². The molecule has 0 bridgehead atoms. The van der Waals surface area contributed by atoms with Crippen LogP contribution in [0.5, 0.6) is 0 Å². The molecule has 1 atom stereocenters. The lowest BCUT2D eigenvalue weighted by molar-refractivity contribution is -0.179. The molecule has 0 aromatic heterocycles. The first-order valence-corrected chi connectivity index (χ1v) is 8.20. The summed E-state index contributed by atoms with van der Waals surface area (Å²) in [5.74, 6) is -0.457. The third-order valence-electron chi connectivity index (χ3n) is 5.05. The van der Waals surface area contributed by atoms with Crippen LogP contribution in [0.3, 0.4) is 0 Å². The Morgan fingerprint density at radius 2 is 1.57 bits per heavy atom. The van der Waals surface area contributed by atoms with E-state index in [1.807, 2.05) is 30.3 Å². The quantitative estimate of drug-likeness (QED) is 0.862. The SMILES string of the molecule is O=C(OC1CCCC1)C(O)(c1ccccc1)C1CCCC1. The maximum atomic E-state index is 12.7. The van der Waals surface area contributed by atoms with Gasteiger partial charge in [-0.15, -0.1) is 0 Å². The molecule has 114 valence electrons. The lowest BCUT2D eigenvalue weighted by Gasteiger charge is -2.33. The van der Waals surface area contributed by atoms with Gasteiger partial charge in [-0.1, -0.05) is 43.2 Å². The molecular weight excluding hydrogens is 264 g/mol. The van der Waals surface area contributed by atoms with Crippen LogP contribution >= 0.6 is 0 Å². The number of carbonyl (C=O) groups is 1. The zero-order chi connectivity index (χ0) is 14.7. The molecule has 1 aromatic carbocycles. The van der Waals surface area contributed by atoms with Gasteiger partial charge in [0, 0.05) is 5.92 Å². The van der Waals surface area contributed by atoms with Crippen molar-refractivity contribution in [3.05, 3.63) is 35.9 Å². The average molecular weight is 288 g/mol. The van der Waals surface area contributed by atoms with E-state index in [2.05, 4.69) is 0 Å². The minimum atomic E-state index is -1.47. The zero-order valence-electron chi connectivity index (χ0n) is 12.5. The first kappa shape index (κ1) is 14.6. The molecule has 0 aliphatic heterocycles. The number of carbonyl (C=O) groups excluding carboxylic acids is 1. The smallest absolute Gasteiger partial charge is 0.343 e. The number of aliphatic hydroxyl groups is 1. The van der Waals surface area contributed by atoms with Crippen LogP contribution in [-0.2, 0) is 15.1 Å². The van der Waals surface area contributed by atoms with Crippen LogP contribution < -0.4 is 0 Å². The molecule has 0 saturated heterocycles. The van der Waals surface area contributed by atoms with Crippen molar-refractivity contribution in [2.24, 2.45) is 5.92 Å². The van der Waals surface area contributed by atoms with Crippen molar-refractivity contribution < 1.29 is 14.6 Å². The second-order valence-electron chi connectivity index (χ2n) is 6.43. The summed E-state index contributed by atoms with van der Waals surface area (Å²) in [6.07, 6.45) is 8.04. The molecule has 3 heteroatoms. The Morgan fingerprint density at radius 1 is 1.00 bits per heavy atom. The van der Waals surface area contributed by atoms with Gasteiger partial charge in [0.1, 0.15) is 6.10 Å². The van der Waals surface area contributed by atoms with Gasteiger partial charge in [0.15, 0.2) is 5.60 Å². The molecule has 2 saturated carbocycles. The predicted octanol–water partition coefficient (Wildman–Crippen LogP) is 3.55. The summed E-state index contributed by atoms with van der Waals surface area (Å²) in [6.45, 7) is 0. The van der Waals surface area contributed by atoms with Crippen LogP contribution in [0, 0.1) is 5.92 Å². The molecule has 3 nitrogen and oxygen atoms in total. The van der Waals surface area contributed by atoms with Crippen LogP contribution in [-0.4, -0.2) is 17.2 Å². The van der Waals surface area contributed by atoms with Crippen molar-refractivity contribution in [2.75, 3.05) is 0 Å². The van der Waals surface area contributed by atoms with Crippen molar-refractivity contribution in [1.29, 1.82) is 0 Å². The summed E-state index contributed by atoms with van der Waals surface area (Å²) < 4.78 is 5.65. The molecule has 0 spiro atoms. The van der Waals surface area contributed by atoms with E-state index in [9.17, 15) is 9.90 Å². The largest absolute Gasteiger partial charge is 0.460 e. The molecule has 0 radical (unpaired) electrons. The van der Waals surface area contributed by atoms with Gasteiger partial charge in [-0.25, -0.2) is 4.79 Å². The Kier molecular flexibility index (Phi) is 4.29. The van der Waals surface area contributed by atoms with Crippen molar-refractivity contribution in [1.82, 2.24) is 0 Å². The number of hydrogen-bond donors (Lipinski definition) is 1. The summed E-state index contributed by atoms with van der Waals surface area (Å²) >= 11 is 0. The summed E-state index contributed by atoms with van der Waals surface area (Å²) in [5, 5.41) is 11.2. The number of hydrogen-bond acceptors (Lipinski definition) is 3. The molecule has 1 aromatic rings. The Balaban J connectivity index is 1.86. The van der Waals surface area contributed by atoms with E-state index in [1.165, 1.54) is 0 Å². The van der Waals surface area contributed by atoms with Crippen LogP contribution in [0.4, 0.5) is 0 Å². The number of ether oxygens (including phenoxy) is 1. The number of esters is 1. The van der Waals surface area contributed by atoms with E-state index >= 15 is 0 Å². The molecule has 3 rings (SSSR count). The fourth-order valence-electron chi connectivity index (χ4n) is 3.80. The molecule has 1 unspecified atom stereocenters. The van der Waals surface area contributed by atoms with Crippen LogP contribution in [0.15, 0.2) is 30.3 Å². The first-order valence-electron chi connectivity index (χ1n) is 8.20. The fraction of sp³-hybridized carbons (Fsp3) is 0.611. The van der Waals surface area contributed by atoms with E-state index in [0.29, 0.717) is 5.56 Å². The van der Waals surface area contributed by atoms with E-state index in [0.717, 1.165) is 51.4 Å². The Labute approximate surface area is 126 Å². The minimum Gasteiger partial charge on any atom is -0.460 e. The molecule has 2 aliphatic rings.